The molecule has 1 saturated carbocycles. The Balaban J connectivity index is 1.69. The zero-order valence-electron chi connectivity index (χ0n) is 18.1. The van der Waals surface area contributed by atoms with Crippen LogP contribution in [0.15, 0.2) is 18.5 Å². The first-order chi connectivity index (χ1) is 15.3. The molecule has 1 fully saturated rings. The fraction of sp³-hybridized carbons (Fsp3) is 0.429. The maximum Gasteiger partial charge on any atom is 0.272 e. The molecule has 1 aliphatic rings. The Hall–Kier alpha value is -3.27. The third-order valence-corrected chi connectivity index (χ3v) is 5.97. The lowest BCUT2D eigenvalue weighted by Gasteiger charge is -2.29. The number of primary amides is 1. The number of methoxy groups -OCH3 is 2. The number of benzene rings is 1. The van der Waals surface area contributed by atoms with Gasteiger partial charge in [-0.05, 0) is 25.7 Å². The van der Waals surface area contributed by atoms with Crippen LogP contribution in [-0.2, 0) is 4.79 Å². The standard InChI is InChI=1S/C21H26ClN5O5/c1-24-21(30)17-18(19(23)28)27(10-25-17)12-6-4-11(5-7-12)20(29)26-14-9-16(32-3)15(31-2)8-13(14)22/h8-12H,4-7H2,1-3H3,(H2,23,28)(H,24,30)(H,26,29). The molecule has 0 bridgehead atoms. The highest BCUT2D eigenvalue weighted by Gasteiger charge is 2.31. The molecule has 4 N–H and O–H groups in total. The van der Waals surface area contributed by atoms with Gasteiger partial charge in [-0.3, -0.25) is 14.4 Å². The number of nitrogens with zero attached hydrogens (tertiary/aromatic N) is 2. The second kappa shape index (κ2) is 9.90. The number of imidazole rings is 1. The minimum Gasteiger partial charge on any atom is -0.493 e. The van der Waals surface area contributed by atoms with Crippen molar-refractivity contribution in [3.8, 4) is 11.5 Å². The van der Waals surface area contributed by atoms with Crippen molar-refractivity contribution >= 4 is 35.0 Å². The van der Waals surface area contributed by atoms with Crippen molar-refractivity contribution in [2.45, 2.75) is 31.7 Å². The van der Waals surface area contributed by atoms with Crippen LogP contribution in [0.2, 0.25) is 5.02 Å². The highest BCUT2D eigenvalue weighted by atomic mass is 35.5. The number of rotatable bonds is 7. The molecule has 32 heavy (non-hydrogen) atoms. The molecule has 0 aliphatic heterocycles. The summed E-state index contributed by atoms with van der Waals surface area (Å²) in [7, 11) is 4.47. The number of aromatic nitrogens is 2. The van der Waals surface area contributed by atoms with E-state index in [0.717, 1.165) is 0 Å². The first-order valence-corrected chi connectivity index (χ1v) is 10.5. The average Bonchev–Trinajstić information content (AvgIpc) is 3.25. The Morgan fingerprint density at radius 3 is 2.31 bits per heavy atom. The van der Waals surface area contributed by atoms with Crippen molar-refractivity contribution in [3.05, 3.63) is 34.9 Å². The average molecular weight is 464 g/mol. The van der Waals surface area contributed by atoms with E-state index in [1.165, 1.54) is 27.6 Å². The maximum absolute atomic E-state index is 12.8. The third kappa shape index (κ3) is 4.64. The van der Waals surface area contributed by atoms with Gasteiger partial charge in [0.15, 0.2) is 17.2 Å². The second-order valence-electron chi connectivity index (χ2n) is 7.47. The zero-order valence-corrected chi connectivity index (χ0v) is 18.9. The Labute approximate surface area is 190 Å². The summed E-state index contributed by atoms with van der Waals surface area (Å²) in [5, 5.41) is 5.66. The summed E-state index contributed by atoms with van der Waals surface area (Å²) >= 11 is 6.27. The minimum atomic E-state index is -0.718. The van der Waals surface area contributed by atoms with Crippen molar-refractivity contribution in [3.63, 3.8) is 0 Å². The van der Waals surface area contributed by atoms with E-state index in [0.29, 0.717) is 47.9 Å². The van der Waals surface area contributed by atoms with Gasteiger partial charge in [-0.15, -0.1) is 0 Å². The predicted octanol–water partition coefficient (Wildman–Crippen LogP) is 2.38. The molecule has 2 aromatic rings. The minimum absolute atomic E-state index is 0.00274. The monoisotopic (exact) mass is 463 g/mol. The van der Waals surface area contributed by atoms with E-state index in [4.69, 9.17) is 26.8 Å². The summed E-state index contributed by atoms with van der Waals surface area (Å²) < 4.78 is 12.1. The van der Waals surface area contributed by atoms with Gasteiger partial charge in [-0.25, -0.2) is 4.98 Å². The Morgan fingerprint density at radius 1 is 1.12 bits per heavy atom. The Morgan fingerprint density at radius 2 is 1.75 bits per heavy atom. The van der Waals surface area contributed by atoms with Crippen molar-refractivity contribution in [2.24, 2.45) is 11.7 Å². The van der Waals surface area contributed by atoms with Gasteiger partial charge in [-0.1, -0.05) is 11.6 Å². The quantitative estimate of drug-likeness (QED) is 0.576. The lowest BCUT2D eigenvalue weighted by atomic mass is 9.85. The molecule has 0 saturated heterocycles. The van der Waals surface area contributed by atoms with Crippen LogP contribution in [0.5, 0.6) is 11.5 Å². The molecular weight excluding hydrogens is 438 g/mol. The smallest absolute Gasteiger partial charge is 0.272 e. The largest absolute Gasteiger partial charge is 0.493 e. The summed E-state index contributed by atoms with van der Waals surface area (Å²) in [4.78, 5) is 40.9. The molecule has 3 amide bonds. The Bertz CT molecular complexity index is 1030. The first kappa shape index (κ1) is 23.4. The maximum atomic E-state index is 12.8. The summed E-state index contributed by atoms with van der Waals surface area (Å²) in [6.45, 7) is 0. The number of carbonyl (C=O) groups is 3. The molecule has 10 nitrogen and oxygen atoms in total. The molecule has 0 spiro atoms. The first-order valence-electron chi connectivity index (χ1n) is 10.1. The summed E-state index contributed by atoms with van der Waals surface area (Å²) in [6, 6.07) is 3.12. The number of halogens is 1. The van der Waals surface area contributed by atoms with Crippen LogP contribution < -0.4 is 25.8 Å². The van der Waals surface area contributed by atoms with E-state index in [9.17, 15) is 14.4 Å². The molecule has 0 atom stereocenters. The normalized spacial score (nSPS) is 18.0. The number of anilines is 1. The van der Waals surface area contributed by atoms with E-state index in [2.05, 4.69) is 15.6 Å². The van der Waals surface area contributed by atoms with Gasteiger partial charge in [0.2, 0.25) is 5.91 Å². The molecular formula is C21H26ClN5O5. The Kier molecular flexibility index (Phi) is 7.24. The molecule has 0 unspecified atom stereocenters. The summed E-state index contributed by atoms with van der Waals surface area (Å²) in [5.41, 5.74) is 6.03. The summed E-state index contributed by atoms with van der Waals surface area (Å²) in [6.07, 6.45) is 3.89. The molecule has 1 aromatic carbocycles. The van der Waals surface area contributed by atoms with E-state index in [1.54, 1.807) is 16.7 Å². The van der Waals surface area contributed by atoms with Crippen LogP contribution >= 0.6 is 11.6 Å². The number of ether oxygens (including phenoxy) is 2. The van der Waals surface area contributed by atoms with Crippen LogP contribution in [0.25, 0.3) is 0 Å². The second-order valence-corrected chi connectivity index (χ2v) is 7.88. The fourth-order valence-electron chi connectivity index (χ4n) is 3.97. The van der Waals surface area contributed by atoms with Crippen molar-refractivity contribution in [2.75, 3.05) is 26.6 Å². The number of hydrogen-bond acceptors (Lipinski definition) is 6. The molecule has 3 rings (SSSR count). The van der Waals surface area contributed by atoms with Gasteiger partial charge in [0.25, 0.3) is 11.8 Å². The summed E-state index contributed by atoms with van der Waals surface area (Å²) in [5.74, 6) is -0.639. The van der Waals surface area contributed by atoms with Gasteiger partial charge in [0, 0.05) is 31.1 Å². The van der Waals surface area contributed by atoms with E-state index in [-0.39, 0.29) is 29.3 Å². The van der Waals surface area contributed by atoms with Crippen LogP contribution in [0.3, 0.4) is 0 Å². The highest BCUT2D eigenvalue weighted by molar-refractivity contribution is 6.34. The molecule has 1 aromatic heterocycles. The number of nitrogens with one attached hydrogen (secondary N) is 2. The predicted molar refractivity (Wildman–Crippen MR) is 118 cm³/mol. The van der Waals surface area contributed by atoms with E-state index in [1.807, 2.05) is 0 Å². The van der Waals surface area contributed by atoms with Crippen molar-refractivity contribution in [1.82, 2.24) is 14.9 Å². The van der Waals surface area contributed by atoms with Crippen LogP contribution in [0, 0.1) is 5.92 Å². The molecule has 172 valence electrons. The molecule has 0 radical (unpaired) electrons. The SMILES string of the molecule is CNC(=O)c1ncn(C2CCC(C(=O)Nc3cc(OC)c(OC)cc3Cl)CC2)c1C(N)=O. The lowest BCUT2D eigenvalue weighted by Crippen LogP contribution is -2.30. The molecule has 1 heterocycles. The van der Waals surface area contributed by atoms with Crippen LogP contribution in [0.4, 0.5) is 5.69 Å². The van der Waals surface area contributed by atoms with Crippen molar-refractivity contribution in [1.29, 1.82) is 0 Å². The molecule has 1 aliphatic carbocycles. The van der Waals surface area contributed by atoms with Gasteiger partial charge >= 0.3 is 0 Å². The van der Waals surface area contributed by atoms with Crippen molar-refractivity contribution < 1.29 is 23.9 Å². The van der Waals surface area contributed by atoms with Crippen LogP contribution in [0.1, 0.15) is 52.7 Å². The number of nitrogens with two attached hydrogens (primary N) is 1. The number of amides is 3. The van der Waals surface area contributed by atoms with Crippen LogP contribution in [-0.4, -0.2) is 48.5 Å². The lowest BCUT2D eigenvalue weighted by molar-refractivity contribution is -0.121. The third-order valence-electron chi connectivity index (χ3n) is 5.66. The van der Waals surface area contributed by atoms with E-state index >= 15 is 0 Å². The molecule has 11 heteroatoms. The van der Waals surface area contributed by atoms with Gasteiger partial charge in [0.05, 0.1) is 31.3 Å². The van der Waals surface area contributed by atoms with E-state index < -0.39 is 11.8 Å². The zero-order chi connectivity index (χ0) is 23.4. The fourth-order valence-corrected chi connectivity index (χ4v) is 4.17. The van der Waals surface area contributed by atoms with Gasteiger partial charge in [-0.2, -0.15) is 0 Å². The highest BCUT2D eigenvalue weighted by Crippen LogP contribution is 2.38. The van der Waals surface area contributed by atoms with Gasteiger partial charge in [0.1, 0.15) is 5.69 Å². The number of hydrogen-bond donors (Lipinski definition) is 3. The topological polar surface area (TPSA) is 138 Å². The van der Waals surface area contributed by atoms with Gasteiger partial charge < -0.3 is 30.4 Å². The number of carbonyl (C=O) groups excluding carboxylic acids is 3.